The van der Waals surface area contributed by atoms with Gasteiger partial charge in [0.2, 0.25) is 5.88 Å². The van der Waals surface area contributed by atoms with Crippen LogP contribution in [0.3, 0.4) is 0 Å². The first-order chi connectivity index (χ1) is 14.3. The molecule has 1 aliphatic carbocycles. The molecule has 29 heavy (non-hydrogen) atoms. The van der Waals surface area contributed by atoms with Crippen molar-refractivity contribution in [3.63, 3.8) is 0 Å². The van der Waals surface area contributed by atoms with Crippen LogP contribution >= 0.6 is 0 Å². The van der Waals surface area contributed by atoms with Gasteiger partial charge in [0, 0.05) is 17.3 Å². The molecule has 2 aliphatic rings. The molecule has 4 nitrogen and oxygen atoms in total. The van der Waals surface area contributed by atoms with Crippen molar-refractivity contribution in [2.45, 2.75) is 45.1 Å². The largest absolute Gasteiger partial charge is 0.476 e. The number of aromatic nitrogens is 2. The predicted molar refractivity (Wildman–Crippen MR) is 116 cm³/mol. The standard InChI is InChI=1S/C25H29N3O/c1-18-23-6-2-3-7-24(23)25(27-26-18)29-17-20-14-22(15-20)21-10-8-19(9-11-21)16-28-12-4-5-13-28/h2-3,6-11,20,22H,4-5,12-17H2,1H3/t20-,22+. The van der Waals surface area contributed by atoms with Crippen LogP contribution in [-0.2, 0) is 6.54 Å². The second-order valence-corrected chi connectivity index (χ2v) is 8.71. The van der Waals surface area contributed by atoms with Gasteiger partial charge in [-0.3, -0.25) is 4.90 Å². The first-order valence-corrected chi connectivity index (χ1v) is 10.9. The number of hydrogen-bond acceptors (Lipinski definition) is 4. The number of benzene rings is 2. The maximum Gasteiger partial charge on any atom is 0.241 e. The summed E-state index contributed by atoms with van der Waals surface area (Å²) in [5, 5.41) is 10.7. The van der Waals surface area contributed by atoms with Crippen LogP contribution in [0.15, 0.2) is 48.5 Å². The van der Waals surface area contributed by atoms with Crippen molar-refractivity contribution < 1.29 is 4.74 Å². The zero-order valence-electron chi connectivity index (χ0n) is 17.2. The van der Waals surface area contributed by atoms with Crippen molar-refractivity contribution in [3.8, 4) is 5.88 Å². The zero-order valence-corrected chi connectivity index (χ0v) is 17.2. The predicted octanol–water partition coefficient (Wildman–Crippen LogP) is 5.11. The minimum Gasteiger partial charge on any atom is -0.476 e. The molecule has 150 valence electrons. The highest BCUT2D eigenvalue weighted by Crippen LogP contribution is 2.42. The van der Waals surface area contributed by atoms with E-state index in [-0.39, 0.29) is 0 Å². The van der Waals surface area contributed by atoms with Crippen LogP contribution in [0.5, 0.6) is 5.88 Å². The molecule has 1 aliphatic heterocycles. The number of fused-ring (bicyclic) bond motifs is 1. The Morgan fingerprint density at radius 3 is 2.41 bits per heavy atom. The third-order valence-corrected chi connectivity index (χ3v) is 6.59. The third kappa shape index (κ3) is 3.99. The number of aryl methyl sites for hydroxylation is 1. The van der Waals surface area contributed by atoms with E-state index in [1.807, 2.05) is 19.1 Å². The topological polar surface area (TPSA) is 38.3 Å². The minimum absolute atomic E-state index is 0.603. The lowest BCUT2D eigenvalue weighted by Gasteiger charge is -2.35. The smallest absolute Gasteiger partial charge is 0.241 e. The van der Waals surface area contributed by atoms with E-state index in [2.05, 4.69) is 51.5 Å². The first kappa shape index (κ1) is 18.6. The Bertz CT molecular complexity index is 973. The molecule has 1 aromatic heterocycles. The van der Waals surface area contributed by atoms with Crippen LogP contribution in [-0.4, -0.2) is 34.8 Å². The molecule has 5 rings (SSSR count). The van der Waals surface area contributed by atoms with Crippen molar-refractivity contribution in [1.29, 1.82) is 0 Å². The summed E-state index contributed by atoms with van der Waals surface area (Å²) < 4.78 is 6.08. The van der Waals surface area contributed by atoms with Crippen LogP contribution in [0.2, 0.25) is 0 Å². The summed E-state index contributed by atoms with van der Waals surface area (Å²) in [6, 6.07) is 17.5. The van der Waals surface area contributed by atoms with Crippen molar-refractivity contribution in [2.75, 3.05) is 19.7 Å². The fourth-order valence-corrected chi connectivity index (χ4v) is 4.75. The Morgan fingerprint density at radius 1 is 0.931 bits per heavy atom. The summed E-state index contributed by atoms with van der Waals surface area (Å²) >= 11 is 0. The van der Waals surface area contributed by atoms with Crippen molar-refractivity contribution >= 4 is 10.8 Å². The molecule has 2 aromatic carbocycles. The molecule has 1 saturated heterocycles. The molecule has 0 bridgehead atoms. The highest BCUT2D eigenvalue weighted by atomic mass is 16.5. The van der Waals surface area contributed by atoms with Gasteiger partial charge in [-0.05, 0) is 74.7 Å². The number of nitrogens with zero attached hydrogens (tertiary/aromatic N) is 3. The molecule has 2 fully saturated rings. The summed E-state index contributed by atoms with van der Waals surface area (Å²) in [5.41, 5.74) is 3.87. The van der Waals surface area contributed by atoms with E-state index in [9.17, 15) is 0 Å². The van der Waals surface area contributed by atoms with Crippen LogP contribution in [0.4, 0.5) is 0 Å². The van der Waals surface area contributed by atoms with Crippen LogP contribution in [0.25, 0.3) is 10.8 Å². The van der Waals surface area contributed by atoms with Gasteiger partial charge < -0.3 is 4.74 Å². The van der Waals surface area contributed by atoms with E-state index >= 15 is 0 Å². The van der Waals surface area contributed by atoms with Crippen LogP contribution < -0.4 is 4.74 Å². The Kier molecular flexibility index (Phi) is 5.19. The molecule has 3 aromatic rings. The lowest BCUT2D eigenvalue weighted by Crippen LogP contribution is -2.27. The third-order valence-electron chi connectivity index (χ3n) is 6.59. The van der Waals surface area contributed by atoms with E-state index in [4.69, 9.17) is 4.74 Å². The van der Waals surface area contributed by atoms with E-state index in [0.717, 1.165) is 29.6 Å². The second kappa shape index (κ2) is 8.11. The molecule has 0 N–H and O–H groups in total. The molecule has 0 unspecified atom stereocenters. The quantitative estimate of drug-likeness (QED) is 0.589. The monoisotopic (exact) mass is 387 g/mol. The summed E-state index contributed by atoms with van der Waals surface area (Å²) in [6.45, 7) is 6.34. The van der Waals surface area contributed by atoms with Gasteiger partial charge >= 0.3 is 0 Å². The fourth-order valence-electron chi connectivity index (χ4n) is 4.75. The fraction of sp³-hybridized carbons (Fsp3) is 0.440. The van der Waals surface area contributed by atoms with Gasteiger partial charge in [-0.25, -0.2) is 0 Å². The maximum absolute atomic E-state index is 6.08. The van der Waals surface area contributed by atoms with Gasteiger partial charge in [0.05, 0.1) is 12.3 Å². The molecule has 2 heterocycles. The van der Waals surface area contributed by atoms with Crippen LogP contribution in [0.1, 0.15) is 48.4 Å². The van der Waals surface area contributed by atoms with Gasteiger partial charge in [-0.1, -0.05) is 42.5 Å². The summed E-state index contributed by atoms with van der Waals surface area (Å²) in [5.74, 6) is 1.94. The number of hydrogen-bond donors (Lipinski definition) is 0. The molecular weight excluding hydrogens is 358 g/mol. The minimum atomic E-state index is 0.603. The summed E-state index contributed by atoms with van der Waals surface area (Å²) in [4.78, 5) is 2.56. The van der Waals surface area contributed by atoms with Crippen molar-refractivity contribution in [3.05, 3.63) is 65.4 Å². The Balaban J connectivity index is 1.14. The molecule has 4 heteroatoms. The van der Waals surface area contributed by atoms with E-state index < -0.39 is 0 Å². The van der Waals surface area contributed by atoms with Gasteiger partial charge in [0.1, 0.15) is 0 Å². The lowest BCUT2D eigenvalue weighted by atomic mass is 9.72. The van der Waals surface area contributed by atoms with Crippen molar-refractivity contribution in [1.82, 2.24) is 15.1 Å². The molecule has 0 atom stereocenters. The number of ether oxygens (including phenoxy) is 1. The SMILES string of the molecule is Cc1nnc(OC[C@H]2C[C@@H](c3ccc(CN4CCCC4)cc3)C2)c2ccccc12. The van der Waals surface area contributed by atoms with E-state index in [0.29, 0.717) is 17.7 Å². The van der Waals surface area contributed by atoms with Gasteiger partial charge in [-0.15, -0.1) is 5.10 Å². The molecule has 0 radical (unpaired) electrons. The summed E-state index contributed by atoms with van der Waals surface area (Å²) in [7, 11) is 0. The Morgan fingerprint density at radius 2 is 1.66 bits per heavy atom. The van der Waals surface area contributed by atoms with Crippen LogP contribution in [0, 0.1) is 12.8 Å². The van der Waals surface area contributed by atoms with Gasteiger partial charge in [0.25, 0.3) is 0 Å². The molecule has 1 saturated carbocycles. The van der Waals surface area contributed by atoms with Gasteiger partial charge in [0.15, 0.2) is 0 Å². The molecule has 0 amide bonds. The Labute approximate surface area is 172 Å². The molecule has 0 spiro atoms. The second-order valence-electron chi connectivity index (χ2n) is 8.71. The highest BCUT2D eigenvalue weighted by Gasteiger charge is 2.31. The maximum atomic E-state index is 6.08. The van der Waals surface area contributed by atoms with Crippen molar-refractivity contribution in [2.24, 2.45) is 5.92 Å². The van der Waals surface area contributed by atoms with E-state index in [1.54, 1.807) is 0 Å². The highest BCUT2D eigenvalue weighted by molar-refractivity contribution is 5.88. The Hall–Kier alpha value is -2.46. The number of rotatable bonds is 6. The van der Waals surface area contributed by atoms with Gasteiger partial charge in [-0.2, -0.15) is 5.10 Å². The first-order valence-electron chi connectivity index (χ1n) is 10.9. The normalized spacial score (nSPS) is 22.0. The lowest BCUT2D eigenvalue weighted by molar-refractivity contribution is 0.154. The summed E-state index contributed by atoms with van der Waals surface area (Å²) in [6.07, 6.45) is 5.10. The zero-order chi connectivity index (χ0) is 19.6. The number of likely N-dealkylation sites (tertiary alicyclic amines) is 1. The average Bonchev–Trinajstić information content (AvgIpc) is 3.23. The van der Waals surface area contributed by atoms with E-state index in [1.165, 1.54) is 49.9 Å². The molecular formula is C25H29N3O. The average molecular weight is 388 g/mol.